The highest BCUT2D eigenvalue weighted by Gasteiger charge is 2.48. The molecule has 0 bridgehead atoms. The van der Waals surface area contributed by atoms with E-state index in [1.165, 1.54) is 18.2 Å². The third-order valence-electron chi connectivity index (χ3n) is 5.52. The minimum Gasteiger partial charge on any atom is -0.480 e. The summed E-state index contributed by atoms with van der Waals surface area (Å²) in [6.07, 6.45) is -3.92. The SMILES string of the molecule is O=C(COc1ccccc1OC(F)(F)F)N1CCC2(CC1)C(=O)Nc1ccccc12. The third-order valence-corrected chi connectivity index (χ3v) is 5.52. The molecule has 0 unspecified atom stereocenters. The fourth-order valence-electron chi connectivity index (χ4n) is 4.02. The van der Waals surface area contributed by atoms with Gasteiger partial charge < -0.3 is 19.7 Å². The fourth-order valence-corrected chi connectivity index (χ4v) is 4.02. The van der Waals surface area contributed by atoms with Gasteiger partial charge in [0, 0.05) is 18.8 Å². The molecule has 2 aromatic carbocycles. The number of carbonyl (C=O) groups excluding carboxylic acids is 2. The molecule has 9 heteroatoms. The van der Waals surface area contributed by atoms with Crippen LogP contribution in [0.15, 0.2) is 48.5 Å². The molecule has 2 aliphatic rings. The second kappa shape index (κ2) is 7.55. The predicted octanol–water partition coefficient (Wildman–Crippen LogP) is 3.48. The van der Waals surface area contributed by atoms with Crippen molar-refractivity contribution in [2.45, 2.75) is 24.6 Å². The number of benzene rings is 2. The molecule has 0 saturated carbocycles. The number of fused-ring (bicyclic) bond motifs is 2. The molecule has 6 nitrogen and oxygen atoms in total. The van der Waals surface area contributed by atoms with Gasteiger partial charge in [-0.25, -0.2) is 0 Å². The van der Waals surface area contributed by atoms with Crippen LogP contribution in [0, 0.1) is 0 Å². The van der Waals surface area contributed by atoms with Crippen LogP contribution in [0.2, 0.25) is 0 Å². The Bertz CT molecular complexity index is 969. The van der Waals surface area contributed by atoms with Crippen molar-refractivity contribution in [2.24, 2.45) is 0 Å². The van der Waals surface area contributed by atoms with Crippen LogP contribution >= 0.6 is 0 Å². The van der Waals surface area contributed by atoms with Gasteiger partial charge in [0.25, 0.3) is 5.91 Å². The Kier molecular flexibility index (Phi) is 5.05. The molecule has 0 aliphatic carbocycles. The molecule has 1 spiro atoms. The summed E-state index contributed by atoms with van der Waals surface area (Å²) in [5.74, 6) is -1.10. The topological polar surface area (TPSA) is 67.9 Å². The van der Waals surface area contributed by atoms with E-state index in [9.17, 15) is 22.8 Å². The van der Waals surface area contributed by atoms with Crippen molar-refractivity contribution in [3.8, 4) is 11.5 Å². The monoisotopic (exact) mass is 420 g/mol. The lowest BCUT2D eigenvalue weighted by Crippen LogP contribution is -2.49. The number of amides is 2. The Morgan fingerprint density at radius 2 is 1.67 bits per heavy atom. The molecule has 4 rings (SSSR count). The van der Waals surface area contributed by atoms with Crippen molar-refractivity contribution >= 4 is 17.5 Å². The molecule has 158 valence electrons. The predicted molar refractivity (Wildman–Crippen MR) is 101 cm³/mol. The number of para-hydroxylation sites is 3. The number of alkyl halides is 3. The Morgan fingerprint density at radius 3 is 2.37 bits per heavy atom. The first-order valence-electron chi connectivity index (χ1n) is 9.45. The van der Waals surface area contributed by atoms with E-state index < -0.39 is 24.1 Å². The third kappa shape index (κ3) is 3.79. The molecular weight excluding hydrogens is 401 g/mol. The lowest BCUT2D eigenvalue weighted by molar-refractivity contribution is -0.275. The fraction of sp³-hybridized carbons (Fsp3) is 0.333. The van der Waals surface area contributed by atoms with Gasteiger partial charge in [0.15, 0.2) is 18.1 Å². The first kappa shape index (κ1) is 20.1. The lowest BCUT2D eigenvalue weighted by Gasteiger charge is -2.38. The maximum Gasteiger partial charge on any atom is 0.573 e. The summed E-state index contributed by atoms with van der Waals surface area (Å²) in [5.41, 5.74) is 1.09. The Balaban J connectivity index is 1.38. The zero-order chi connectivity index (χ0) is 21.4. The highest BCUT2D eigenvalue weighted by atomic mass is 19.4. The number of ether oxygens (including phenoxy) is 2. The summed E-state index contributed by atoms with van der Waals surface area (Å²) >= 11 is 0. The highest BCUT2D eigenvalue weighted by molar-refractivity contribution is 6.06. The molecule has 2 amide bonds. The number of nitrogens with one attached hydrogen (secondary N) is 1. The second-order valence-corrected chi connectivity index (χ2v) is 7.25. The van der Waals surface area contributed by atoms with E-state index in [1.807, 2.05) is 24.3 Å². The Labute approximate surface area is 170 Å². The number of halogens is 3. The minimum absolute atomic E-state index is 0.0646. The van der Waals surface area contributed by atoms with Crippen LogP contribution in [0.1, 0.15) is 18.4 Å². The van der Waals surface area contributed by atoms with Crippen LogP contribution in [0.25, 0.3) is 0 Å². The van der Waals surface area contributed by atoms with Crippen molar-refractivity contribution in [1.29, 1.82) is 0 Å². The molecule has 30 heavy (non-hydrogen) atoms. The van der Waals surface area contributed by atoms with Gasteiger partial charge in [0.1, 0.15) is 0 Å². The van der Waals surface area contributed by atoms with Crippen molar-refractivity contribution in [3.05, 3.63) is 54.1 Å². The minimum atomic E-state index is -4.86. The number of anilines is 1. The van der Waals surface area contributed by atoms with Crippen LogP contribution in [0.3, 0.4) is 0 Å². The molecule has 0 aromatic heterocycles. The quantitative estimate of drug-likeness (QED) is 0.823. The maximum atomic E-state index is 12.6. The van der Waals surface area contributed by atoms with E-state index >= 15 is 0 Å². The number of hydrogen-bond acceptors (Lipinski definition) is 4. The first-order chi connectivity index (χ1) is 14.3. The van der Waals surface area contributed by atoms with E-state index in [0.29, 0.717) is 25.9 Å². The molecule has 1 saturated heterocycles. The zero-order valence-electron chi connectivity index (χ0n) is 15.9. The molecular formula is C21H19F3N2O4. The number of carbonyl (C=O) groups is 2. The van der Waals surface area contributed by atoms with Crippen LogP contribution in [0.5, 0.6) is 11.5 Å². The summed E-state index contributed by atoms with van der Waals surface area (Å²) < 4.78 is 46.7. The summed E-state index contributed by atoms with van der Waals surface area (Å²) in [6, 6.07) is 12.8. The van der Waals surface area contributed by atoms with Gasteiger partial charge in [-0.05, 0) is 36.6 Å². The van der Waals surface area contributed by atoms with Crippen LogP contribution in [-0.2, 0) is 15.0 Å². The number of nitrogens with zero attached hydrogens (tertiary/aromatic N) is 1. The van der Waals surface area contributed by atoms with Gasteiger partial charge in [-0.1, -0.05) is 30.3 Å². The average Bonchev–Trinajstić information content (AvgIpc) is 2.98. The van der Waals surface area contributed by atoms with E-state index in [1.54, 1.807) is 4.90 Å². The zero-order valence-corrected chi connectivity index (χ0v) is 15.9. The number of hydrogen-bond donors (Lipinski definition) is 1. The number of likely N-dealkylation sites (tertiary alicyclic amines) is 1. The lowest BCUT2D eigenvalue weighted by atomic mass is 9.73. The van der Waals surface area contributed by atoms with Crippen molar-refractivity contribution in [2.75, 3.05) is 25.0 Å². The first-order valence-corrected chi connectivity index (χ1v) is 9.45. The molecule has 1 fully saturated rings. The van der Waals surface area contributed by atoms with E-state index in [-0.39, 0.29) is 17.6 Å². The van der Waals surface area contributed by atoms with Crippen LogP contribution in [0.4, 0.5) is 18.9 Å². The summed E-state index contributed by atoms with van der Waals surface area (Å²) in [4.78, 5) is 26.7. The van der Waals surface area contributed by atoms with Gasteiger partial charge in [-0.2, -0.15) is 0 Å². The normalized spacial score (nSPS) is 17.4. The van der Waals surface area contributed by atoms with E-state index in [2.05, 4.69) is 10.1 Å². The van der Waals surface area contributed by atoms with E-state index in [4.69, 9.17) is 4.74 Å². The molecule has 1 N–H and O–H groups in total. The second-order valence-electron chi connectivity index (χ2n) is 7.25. The molecule has 0 radical (unpaired) electrons. The standard InChI is InChI=1S/C21H19F3N2O4/c22-21(23,24)30-17-8-4-3-7-16(17)29-13-18(27)26-11-9-20(10-12-26)14-5-1-2-6-15(14)25-19(20)28/h1-8H,9-13H2,(H,25,28). The van der Waals surface area contributed by atoms with Gasteiger partial charge in [-0.3, -0.25) is 9.59 Å². The van der Waals surface area contributed by atoms with Gasteiger partial charge in [0.05, 0.1) is 5.41 Å². The number of piperidine rings is 1. The Hall–Kier alpha value is -3.23. The summed E-state index contributed by atoms with van der Waals surface area (Å²) in [5, 5.41) is 2.90. The van der Waals surface area contributed by atoms with Gasteiger partial charge >= 0.3 is 6.36 Å². The highest BCUT2D eigenvalue weighted by Crippen LogP contribution is 2.44. The van der Waals surface area contributed by atoms with Gasteiger partial charge in [0.2, 0.25) is 5.91 Å². The maximum absolute atomic E-state index is 12.6. The Morgan fingerprint density at radius 1 is 1.03 bits per heavy atom. The average molecular weight is 420 g/mol. The summed E-state index contributed by atoms with van der Waals surface area (Å²) in [6.45, 7) is 0.281. The van der Waals surface area contributed by atoms with Crippen LogP contribution in [-0.4, -0.2) is 42.8 Å². The van der Waals surface area contributed by atoms with Gasteiger partial charge in [-0.15, -0.1) is 13.2 Å². The van der Waals surface area contributed by atoms with Crippen LogP contribution < -0.4 is 14.8 Å². The number of rotatable bonds is 4. The van der Waals surface area contributed by atoms with E-state index in [0.717, 1.165) is 17.3 Å². The molecule has 2 aliphatic heterocycles. The molecule has 2 aromatic rings. The largest absolute Gasteiger partial charge is 0.573 e. The molecule has 2 heterocycles. The molecule has 0 atom stereocenters. The van der Waals surface area contributed by atoms with Crippen molar-refractivity contribution in [1.82, 2.24) is 4.90 Å². The van der Waals surface area contributed by atoms with Crippen molar-refractivity contribution < 1.29 is 32.2 Å². The van der Waals surface area contributed by atoms with Crippen molar-refractivity contribution in [3.63, 3.8) is 0 Å². The smallest absolute Gasteiger partial charge is 0.480 e. The summed E-state index contributed by atoms with van der Waals surface area (Å²) in [7, 11) is 0.